The number of piperidine rings is 3. The molecule has 0 radical (unpaired) electrons. The lowest BCUT2D eigenvalue weighted by molar-refractivity contribution is 0.0296. The number of aromatic nitrogens is 2. The van der Waals surface area contributed by atoms with E-state index in [2.05, 4.69) is 50.8 Å². The fraction of sp³-hybridized carbons (Fsp3) is 0.391. The van der Waals surface area contributed by atoms with Crippen LogP contribution in [0.1, 0.15) is 24.5 Å². The second kappa shape index (κ2) is 8.24. The first-order valence-corrected chi connectivity index (χ1v) is 11.5. The maximum absolute atomic E-state index is 12.3. The van der Waals surface area contributed by atoms with Crippen LogP contribution >= 0.6 is 11.3 Å². The number of amides is 2. The lowest BCUT2D eigenvalue weighted by atomic mass is 9.74. The average molecular weight is 422 g/mol. The van der Waals surface area contributed by atoms with Crippen LogP contribution in [0, 0.1) is 5.92 Å². The number of rotatable bonds is 5. The monoisotopic (exact) mass is 421 g/mol. The molecule has 0 spiro atoms. The zero-order chi connectivity index (χ0) is 20.5. The fourth-order valence-corrected chi connectivity index (χ4v) is 5.65. The first-order valence-electron chi connectivity index (χ1n) is 10.6. The van der Waals surface area contributed by atoms with E-state index in [1.54, 1.807) is 11.3 Å². The molecule has 30 heavy (non-hydrogen) atoms. The van der Waals surface area contributed by atoms with Gasteiger partial charge in [-0.2, -0.15) is 5.10 Å². The summed E-state index contributed by atoms with van der Waals surface area (Å²) in [7, 11) is 2.07. The van der Waals surface area contributed by atoms with Crippen molar-refractivity contribution in [3.8, 4) is 10.6 Å². The molecule has 3 aliphatic heterocycles. The van der Waals surface area contributed by atoms with E-state index >= 15 is 0 Å². The average Bonchev–Trinajstić information content (AvgIpc) is 3.43. The van der Waals surface area contributed by atoms with E-state index in [9.17, 15) is 4.79 Å². The molecule has 0 saturated carbocycles. The fourth-order valence-electron chi connectivity index (χ4n) is 4.97. The molecule has 1 aromatic carbocycles. The number of thiophene rings is 1. The first kappa shape index (κ1) is 19.3. The number of nitrogens with one attached hydrogen (secondary N) is 2. The van der Waals surface area contributed by atoms with Gasteiger partial charge in [-0.3, -0.25) is 9.58 Å². The number of urea groups is 1. The number of fused-ring (bicyclic) bond motifs is 3. The van der Waals surface area contributed by atoms with Gasteiger partial charge in [0.1, 0.15) is 5.69 Å². The standard InChI is InChI=1S/C23H27N5OS/c1-27-21(13-20(26-27)22-8-5-11-30-22)19-15-28-10-9-16(19)12-18(28)14-24-23(29)25-17-6-3-2-4-7-17/h2-8,11,13,16,18-19H,9-10,12,14-15H2,1H3,(H2,24,25,29)/t16-,18+,19+/m0/s1. The predicted molar refractivity (Wildman–Crippen MR) is 121 cm³/mol. The van der Waals surface area contributed by atoms with E-state index in [1.807, 2.05) is 30.3 Å². The summed E-state index contributed by atoms with van der Waals surface area (Å²) in [6.07, 6.45) is 2.34. The maximum Gasteiger partial charge on any atom is 0.319 e. The zero-order valence-corrected chi connectivity index (χ0v) is 17.9. The smallest absolute Gasteiger partial charge is 0.319 e. The second-order valence-corrected chi connectivity index (χ2v) is 9.24. The minimum absolute atomic E-state index is 0.132. The lowest BCUT2D eigenvalue weighted by Crippen LogP contribution is -2.56. The van der Waals surface area contributed by atoms with Gasteiger partial charge in [-0.15, -0.1) is 11.3 Å². The van der Waals surface area contributed by atoms with Gasteiger partial charge in [0.2, 0.25) is 0 Å². The highest BCUT2D eigenvalue weighted by Gasteiger charge is 2.41. The van der Waals surface area contributed by atoms with Crippen LogP contribution in [0.5, 0.6) is 0 Å². The van der Waals surface area contributed by atoms with E-state index in [1.165, 1.54) is 17.0 Å². The highest BCUT2D eigenvalue weighted by atomic mass is 32.1. The molecule has 3 aromatic rings. The van der Waals surface area contributed by atoms with Gasteiger partial charge in [0.15, 0.2) is 0 Å². The highest BCUT2D eigenvalue weighted by molar-refractivity contribution is 7.13. The Bertz CT molecular complexity index is 1000. The van der Waals surface area contributed by atoms with Crippen LogP contribution < -0.4 is 10.6 Å². The number of benzene rings is 1. The number of carbonyl (C=O) groups excluding carboxylic acids is 1. The zero-order valence-electron chi connectivity index (χ0n) is 17.1. The SMILES string of the molecule is Cn1nc(-c2cccs2)cc1[C@@H]1CN2CC[C@H]1C[C@@H]2CNC(=O)Nc1ccccc1. The third-order valence-electron chi connectivity index (χ3n) is 6.48. The lowest BCUT2D eigenvalue weighted by Gasteiger charge is -2.49. The molecule has 5 heterocycles. The van der Waals surface area contributed by atoms with E-state index in [0.717, 1.165) is 30.9 Å². The number of hydrogen-bond acceptors (Lipinski definition) is 4. The molecule has 3 saturated heterocycles. The van der Waals surface area contributed by atoms with Crippen LogP contribution in [0.3, 0.4) is 0 Å². The van der Waals surface area contributed by atoms with Crippen LogP contribution in [-0.4, -0.2) is 46.4 Å². The van der Waals surface area contributed by atoms with Crippen molar-refractivity contribution in [1.82, 2.24) is 20.0 Å². The predicted octanol–water partition coefficient (Wildman–Crippen LogP) is 4.15. The summed E-state index contributed by atoms with van der Waals surface area (Å²) in [4.78, 5) is 16.0. The quantitative estimate of drug-likeness (QED) is 0.651. The number of anilines is 1. The Hall–Kier alpha value is -2.64. The van der Waals surface area contributed by atoms with Crippen LogP contribution in [0.4, 0.5) is 10.5 Å². The van der Waals surface area contributed by atoms with Crippen molar-refractivity contribution in [3.63, 3.8) is 0 Å². The molecule has 7 heteroatoms. The van der Waals surface area contributed by atoms with Crippen molar-refractivity contribution in [1.29, 1.82) is 0 Å². The van der Waals surface area contributed by atoms with Gasteiger partial charge in [-0.1, -0.05) is 24.3 Å². The molecule has 2 aromatic heterocycles. The normalized spacial score (nSPS) is 25.2. The Morgan fingerprint density at radius 2 is 2.10 bits per heavy atom. The van der Waals surface area contributed by atoms with Crippen LogP contribution in [-0.2, 0) is 7.05 Å². The minimum atomic E-state index is -0.132. The third kappa shape index (κ3) is 3.87. The van der Waals surface area contributed by atoms with Gasteiger partial charge in [0, 0.05) is 43.5 Å². The van der Waals surface area contributed by atoms with Crippen molar-refractivity contribution in [2.75, 3.05) is 25.0 Å². The molecular weight excluding hydrogens is 394 g/mol. The molecule has 156 valence electrons. The first-order chi connectivity index (χ1) is 14.7. The molecule has 1 unspecified atom stereocenters. The van der Waals surface area contributed by atoms with Gasteiger partial charge in [-0.25, -0.2) is 4.79 Å². The molecule has 0 aliphatic carbocycles. The summed E-state index contributed by atoms with van der Waals surface area (Å²) in [6.45, 7) is 2.85. The summed E-state index contributed by atoms with van der Waals surface area (Å²) >= 11 is 1.74. The number of carbonyl (C=O) groups is 1. The number of para-hydroxylation sites is 1. The van der Waals surface area contributed by atoms with Gasteiger partial charge >= 0.3 is 6.03 Å². The molecule has 3 aliphatic rings. The summed E-state index contributed by atoms with van der Waals surface area (Å²) in [5.74, 6) is 1.16. The Balaban J connectivity index is 1.21. The van der Waals surface area contributed by atoms with Crippen LogP contribution in [0.25, 0.3) is 10.6 Å². The van der Waals surface area contributed by atoms with Gasteiger partial charge in [0.05, 0.1) is 4.88 Å². The van der Waals surface area contributed by atoms with E-state index in [0.29, 0.717) is 24.4 Å². The molecule has 3 fully saturated rings. The number of hydrogen-bond donors (Lipinski definition) is 2. The summed E-state index contributed by atoms with van der Waals surface area (Å²) in [6, 6.07) is 16.3. The Morgan fingerprint density at radius 1 is 1.23 bits per heavy atom. The van der Waals surface area contributed by atoms with E-state index in [-0.39, 0.29) is 6.03 Å². The molecule has 6 nitrogen and oxygen atoms in total. The minimum Gasteiger partial charge on any atom is -0.336 e. The van der Waals surface area contributed by atoms with Gasteiger partial charge in [0.25, 0.3) is 0 Å². The van der Waals surface area contributed by atoms with Crippen LogP contribution in [0.2, 0.25) is 0 Å². The van der Waals surface area contributed by atoms with Crippen molar-refractivity contribution in [3.05, 3.63) is 59.6 Å². The third-order valence-corrected chi connectivity index (χ3v) is 7.37. The summed E-state index contributed by atoms with van der Waals surface area (Å²) in [5, 5.41) is 12.8. The van der Waals surface area contributed by atoms with Gasteiger partial charge in [-0.05, 0) is 54.9 Å². The number of nitrogens with zero attached hydrogens (tertiary/aromatic N) is 3. The molecule has 4 atom stereocenters. The Labute approximate surface area is 180 Å². The Kier molecular flexibility index (Phi) is 5.31. The molecule has 2 bridgehead atoms. The largest absolute Gasteiger partial charge is 0.336 e. The number of aryl methyl sites for hydroxylation is 1. The van der Waals surface area contributed by atoms with Crippen molar-refractivity contribution >= 4 is 23.1 Å². The van der Waals surface area contributed by atoms with Crippen molar-refractivity contribution in [2.45, 2.75) is 24.8 Å². The van der Waals surface area contributed by atoms with Crippen molar-refractivity contribution < 1.29 is 4.79 Å². The second-order valence-electron chi connectivity index (χ2n) is 8.30. The van der Waals surface area contributed by atoms with E-state index in [4.69, 9.17) is 5.10 Å². The van der Waals surface area contributed by atoms with Gasteiger partial charge < -0.3 is 10.6 Å². The summed E-state index contributed by atoms with van der Waals surface area (Å²) in [5.41, 5.74) is 3.23. The maximum atomic E-state index is 12.3. The Morgan fingerprint density at radius 3 is 2.83 bits per heavy atom. The van der Waals surface area contributed by atoms with Crippen molar-refractivity contribution in [2.24, 2.45) is 13.0 Å². The summed E-state index contributed by atoms with van der Waals surface area (Å²) < 4.78 is 2.07. The molecular formula is C23H27N5OS. The van der Waals surface area contributed by atoms with Crippen LogP contribution in [0.15, 0.2) is 53.9 Å². The topological polar surface area (TPSA) is 62.2 Å². The molecule has 2 amide bonds. The van der Waals surface area contributed by atoms with E-state index < -0.39 is 0 Å². The molecule has 6 rings (SSSR count). The highest BCUT2D eigenvalue weighted by Crippen LogP contribution is 2.42. The molecule has 2 N–H and O–H groups in total.